The molecular formula is C21H24ClN3O3S. The number of ether oxygens (including phenoxy) is 2. The molecule has 2 aromatic carbocycles. The number of rotatable bonds is 6. The fraction of sp³-hybridized carbons (Fsp3) is 0.333. The molecule has 0 N–H and O–H groups in total. The fourth-order valence-electron chi connectivity index (χ4n) is 2.89. The maximum atomic E-state index is 13.2. The molecule has 1 unspecified atom stereocenters. The van der Waals surface area contributed by atoms with Crippen LogP contribution in [-0.4, -0.2) is 33.4 Å². The van der Waals surface area contributed by atoms with E-state index in [0.717, 1.165) is 0 Å². The summed E-state index contributed by atoms with van der Waals surface area (Å²) in [4.78, 5) is 0.647. The van der Waals surface area contributed by atoms with Gasteiger partial charge in [-0.05, 0) is 35.2 Å². The van der Waals surface area contributed by atoms with E-state index in [4.69, 9.17) is 21.1 Å². The van der Waals surface area contributed by atoms with E-state index in [1.165, 1.54) is 5.56 Å². The minimum Gasteiger partial charge on any atom is -0.497 e. The minimum atomic E-state index is -1.51. The summed E-state index contributed by atoms with van der Waals surface area (Å²) in [7, 11) is 1.64. The average Bonchev–Trinajstić information content (AvgIpc) is 3.16. The molecule has 8 heteroatoms. The summed E-state index contributed by atoms with van der Waals surface area (Å²) >= 11 is 6.21. The Hall–Kier alpha value is -2.38. The van der Waals surface area contributed by atoms with Gasteiger partial charge in [0.15, 0.2) is 5.03 Å². The highest BCUT2D eigenvalue weighted by molar-refractivity contribution is 7.85. The first-order valence-corrected chi connectivity index (χ1v) is 10.7. The fourth-order valence-corrected chi connectivity index (χ4v) is 4.30. The first-order valence-electron chi connectivity index (χ1n) is 9.05. The standard InChI is InChI=1S/C21H24ClN3O3S/c1-21(2,3)14-6-9-16(10-7-14)29(26)20-18(13-22)25(24-23-20)17-12-15(27-4)8-11-19(17)28-5/h6-12H,13H2,1-5H3. The second-order valence-electron chi connectivity index (χ2n) is 7.47. The van der Waals surface area contributed by atoms with E-state index in [-0.39, 0.29) is 11.3 Å². The zero-order valence-corrected chi connectivity index (χ0v) is 18.7. The third-order valence-corrected chi connectivity index (χ3v) is 6.20. The molecule has 1 aromatic heterocycles. The molecule has 0 aliphatic carbocycles. The molecule has 29 heavy (non-hydrogen) atoms. The van der Waals surface area contributed by atoms with Crippen LogP contribution < -0.4 is 9.47 Å². The SMILES string of the molecule is COc1ccc(OC)c(-n2nnc(S(=O)c3ccc(C(C)(C)C)cc3)c2CCl)c1. The van der Waals surface area contributed by atoms with Crippen LogP contribution in [-0.2, 0) is 22.1 Å². The lowest BCUT2D eigenvalue weighted by atomic mass is 9.87. The average molecular weight is 434 g/mol. The van der Waals surface area contributed by atoms with Gasteiger partial charge in [-0.2, -0.15) is 0 Å². The van der Waals surface area contributed by atoms with Crippen molar-refractivity contribution in [2.24, 2.45) is 0 Å². The van der Waals surface area contributed by atoms with Gasteiger partial charge in [0.1, 0.15) is 28.0 Å². The van der Waals surface area contributed by atoms with Crippen molar-refractivity contribution in [3.8, 4) is 17.2 Å². The Morgan fingerprint density at radius 3 is 2.31 bits per heavy atom. The number of methoxy groups -OCH3 is 2. The summed E-state index contributed by atoms with van der Waals surface area (Å²) in [6, 6.07) is 13.0. The number of nitrogens with zero attached hydrogens (tertiary/aromatic N) is 3. The van der Waals surface area contributed by atoms with Gasteiger partial charge in [-0.1, -0.05) is 38.1 Å². The molecule has 0 radical (unpaired) electrons. The van der Waals surface area contributed by atoms with Gasteiger partial charge in [-0.25, -0.2) is 8.89 Å². The molecule has 6 nitrogen and oxygen atoms in total. The molecule has 0 aliphatic rings. The number of halogens is 1. The molecule has 1 heterocycles. The van der Waals surface area contributed by atoms with Crippen LogP contribution in [0.2, 0.25) is 0 Å². The van der Waals surface area contributed by atoms with Crippen LogP contribution in [0.4, 0.5) is 0 Å². The topological polar surface area (TPSA) is 66.2 Å². The monoisotopic (exact) mass is 433 g/mol. The highest BCUT2D eigenvalue weighted by atomic mass is 35.5. The van der Waals surface area contributed by atoms with Crippen LogP contribution in [0.3, 0.4) is 0 Å². The van der Waals surface area contributed by atoms with Gasteiger partial charge >= 0.3 is 0 Å². The van der Waals surface area contributed by atoms with Gasteiger partial charge in [0.2, 0.25) is 0 Å². The Kier molecular flexibility index (Phi) is 6.29. The van der Waals surface area contributed by atoms with Crippen molar-refractivity contribution in [2.45, 2.75) is 42.0 Å². The van der Waals surface area contributed by atoms with Crippen LogP contribution in [0.25, 0.3) is 5.69 Å². The maximum Gasteiger partial charge on any atom is 0.179 e. The molecule has 0 bridgehead atoms. The quantitative estimate of drug-likeness (QED) is 0.536. The number of hydrogen-bond donors (Lipinski definition) is 0. The van der Waals surface area contributed by atoms with Gasteiger partial charge in [-0.15, -0.1) is 16.7 Å². The Bertz CT molecular complexity index is 1030. The predicted molar refractivity (Wildman–Crippen MR) is 114 cm³/mol. The Morgan fingerprint density at radius 1 is 1.07 bits per heavy atom. The van der Waals surface area contributed by atoms with E-state index in [2.05, 4.69) is 31.1 Å². The van der Waals surface area contributed by atoms with E-state index >= 15 is 0 Å². The van der Waals surface area contributed by atoms with Gasteiger partial charge in [0, 0.05) is 11.0 Å². The number of hydrogen-bond acceptors (Lipinski definition) is 5. The van der Waals surface area contributed by atoms with E-state index in [9.17, 15) is 4.21 Å². The lowest BCUT2D eigenvalue weighted by Gasteiger charge is -2.18. The molecule has 1 atom stereocenters. The summed E-state index contributed by atoms with van der Waals surface area (Å²) in [6.07, 6.45) is 0. The summed E-state index contributed by atoms with van der Waals surface area (Å²) in [5, 5.41) is 8.70. The van der Waals surface area contributed by atoms with Gasteiger partial charge in [0.05, 0.1) is 25.8 Å². The van der Waals surface area contributed by atoms with Crippen molar-refractivity contribution in [2.75, 3.05) is 14.2 Å². The normalized spacial score (nSPS) is 12.6. The molecule has 0 fully saturated rings. The van der Waals surface area contributed by atoms with Crippen molar-refractivity contribution in [1.29, 1.82) is 0 Å². The van der Waals surface area contributed by atoms with Crippen LogP contribution in [0.15, 0.2) is 52.4 Å². The lowest BCUT2D eigenvalue weighted by molar-refractivity contribution is 0.400. The maximum absolute atomic E-state index is 13.2. The summed E-state index contributed by atoms with van der Waals surface area (Å²) in [6.45, 7) is 6.41. The third kappa shape index (κ3) is 4.31. The molecule has 154 valence electrons. The van der Waals surface area contributed by atoms with E-state index in [0.29, 0.717) is 32.8 Å². The summed E-state index contributed by atoms with van der Waals surface area (Å²) < 4.78 is 25.5. The lowest BCUT2D eigenvalue weighted by Crippen LogP contribution is -2.11. The summed E-state index contributed by atoms with van der Waals surface area (Å²) in [5.41, 5.74) is 2.34. The van der Waals surface area contributed by atoms with Crippen molar-refractivity contribution < 1.29 is 13.7 Å². The second-order valence-corrected chi connectivity index (χ2v) is 9.13. The number of benzene rings is 2. The Balaban J connectivity index is 2.03. The largest absolute Gasteiger partial charge is 0.497 e. The van der Waals surface area contributed by atoms with Crippen molar-refractivity contribution in [3.05, 3.63) is 53.7 Å². The van der Waals surface area contributed by atoms with Crippen LogP contribution in [0.5, 0.6) is 11.5 Å². The first kappa shape index (κ1) is 21.3. The smallest absolute Gasteiger partial charge is 0.179 e. The molecule has 3 aromatic rings. The highest BCUT2D eigenvalue weighted by Gasteiger charge is 2.23. The van der Waals surface area contributed by atoms with Crippen molar-refractivity contribution >= 4 is 22.4 Å². The first-order chi connectivity index (χ1) is 13.8. The zero-order valence-electron chi connectivity index (χ0n) is 17.1. The Labute approximate surface area is 178 Å². The van der Waals surface area contributed by atoms with E-state index in [1.54, 1.807) is 37.1 Å². The van der Waals surface area contributed by atoms with Crippen molar-refractivity contribution in [3.63, 3.8) is 0 Å². The number of aromatic nitrogens is 3. The van der Waals surface area contributed by atoms with Crippen LogP contribution in [0.1, 0.15) is 32.0 Å². The molecule has 3 rings (SSSR count). The minimum absolute atomic E-state index is 0.0212. The molecule has 0 saturated carbocycles. The van der Waals surface area contributed by atoms with Gasteiger partial charge in [0.25, 0.3) is 0 Å². The van der Waals surface area contributed by atoms with E-state index < -0.39 is 10.8 Å². The second kappa shape index (κ2) is 8.55. The van der Waals surface area contributed by atoms with E-state index in [1.807, 2.05) is 24.3 Å². The van der Waals surface area contributed by atoms with Gasteiger partial charge < -0.3 is 9.47 Å². The molecular weight excluding hydrogens is 410 g/mol. The molecule has 0 saturated heterocycles. The highest BCUT2D eigenvalue weighted by Crippen LogP contribution is 2.31. The predicted octanol–water partition coefficient (Wildman–Crippen LogP) is 4.49. The van der Waals surface area contributed by atoms with Crippen LogP contribution in [0, 0.1) is 0 Å². The molecule has 0 amide bonds. The van der Waals surface area contributed by atoms with Crippen molar-refractivity contribution in [1.82, 2.24) is 15.0 Å². The summed E-state index contributed by atoms with van der Waals surface area (Å²) in [5.74, 6) is 1.31. The number of alkyl halides is 1. The zero-order chi connectivity index (χ0) is 21.2. The van der Waals surface area contributed by atoms with Gasteiger partial charge in [-0.3, -0.25) is 0 Å². The third-order valence-electron chi connectivity index (χ3n) is 4.58. The Morgan fingerprint density at radius 2 is 1.76 bits per heavy atom. The molecule has 0 spiro atoms. The molecule has 0 aliphatic heterocycles. The van der Waals surface area contributed by atoms with Crippen LogP contribution >= 0.6 is 11.6 Å².